The molecule has 0 aliphatic carbocycles. The maximum Gasteiger partial charge on any atom is 0.274 e. The number of anilines is 1. The van der Waals surface area contributed by atoms with E-state index in [1.54, 1.807) is 22.9 Å². The monoisotopic (exact) mass is 267 g/mol. The molecule has 0 bridgehead atoms. The van der Waals surface area contributed by atoms with Gasteiger partial charge in [-0.2, -0.15) is 0 Å². The Kier molecular flexibility index (Phi) is 4.24. The fraction of sp³-hybridized carbons (Fsp3) is 0.643. The van der Waals surface area contributed by atoms with Gasteiger partial charge in [0.05, 0.1) is 6.04 Å². The Morgan fingerprint density at radius 3 is 2.84 bits per heavy atom. The van der Waals surface area contributed by atoms with Crippen molar-refractivity contribution in [2.45, 2.75) is 38.5 Å². The molecule has 1 aromatic rings. The second-order valence-electron chi connectivity index (χ2n) is 5.57. The first-order valence-corrected chi connectivity index (χ1v) is 6.79. The Labute approximate surface area is 113 Å². The zero-order chi connectivity index (χ0) is 14.0. The highest BCUT2D eigenvalue weighted by Gasteiger charge is 2.29. The van der Waals surface area contributed by atoms with E-state index in [0.29, 0.717) is 18.7 Å². The van der Waals surface area contributed by atoms with Crippen LogP contribution in [0, 0.1) is 0 Å². The third-order valence-electron chi connectivity index (χ3n) is 3.49. The third-order valence-corrected chi connectivity index (χ3v) is 3.49. The molecular formula is C14H22FN3O. The molecule has 1 N–H and O–H groups in total. The van der Waals surface area contributed by atoms with Gasteiger partial charge in [0.1, 0.15) is 11.9 Å². The van der Waals surface area contributed by atoms with Crippen molar-refractivity contribution in [2.24, 2.45) is 0 Å². The van der Waals surface area contributed by atoms with Gasteiger partial charge in [0.2, 0.25) is 0 Å². The first kappa shape index (κ1) is 14.1. The lowest BCUT2D eigenvalue weighted by molar-refractivity contribution is 0.105. The molecule has 0 amide bonds. The molecule has 2 rings (SSSR count). The highest BCUT2D eigenvalue weighted by Crippen LogP contribution is 2.23. The predicted octanol–water partition coefficient (Wildman–Crippen LogP) is 1.88. The molecule has 0 unspecified atom stereocenters. The van der Waals surface area contributed by atoms with Crippen LogP contribution in [-0.4, -0.2) is 41.8 Å². The van der Waals surface area contributed by atoms with Gasteiger partial charge in [-0.1, -0.05) is 0 Å². The lowest BCUT2D eigenvalue weighted by atomic mass is 10.0. The summed E-state index contributed by atoms with van der Waals surface area (Å²) in [5, 5.41) is 3.11. The number of alkyl halides is 1. The van der Waals surface area contributed by atoms with Gasteiger partial charge in [-0.25, -0.2) is 4.39 Å². The first-order chi connectivity index (χ1) is 8.99. The molecule has 4 nitrogen and oxygen atoms in total. The Balaban J connectivity index is 2.27. The summed E-state index contributed by atoms with van der Waals surface area (Å²) in [5.41, 5.74) is 0.414. The van der Waals surface area contributed by atoms with Gasteiger partial charge in [0, 0.05) is 25.3 Å². The number of nitrogens with zero attached hydrogens (tertiary/aromatic N) is 2. The molecule has 0 saturated carbocycles. The molecule has 0 aromatic carbocycles. The number of halogens is 1. The Bertz CT molecular complexity index is 486. The topological polar surface area (TPSA) is 37.3 Å². The number of aromatic nitrogens is 1. The molecule has 1 aromatic heterocycles. The number of pyridine rings is 1. The molecule has 19 heavy (non-hydrogen) atoms. The van der Waals surface area contributed by atoms with Crippen LogP contribution < -0.4 is 10.9 Å². The van der Waals surface area contributed by atoms with Crippen LogP contribution in [0.4, 0.5) is 10.1 Å². The number of nitrogens with one attached hydrogen (secondary N) is 1. The van der Waals surface area contributed by atoms with E-state index >= 15 is 0 Å². The Hall–Kier alpha value is -1.36. The van der Waals surface area contributed by atoms with Gasteiger partial charge in [0.15, 0.2) is 0 Å². The summed E-state index contributed by atoms with van der Waals surface area (Å²) in [4.78, 5) is 14.3. The lowest BCUT2D eigenvalue weighted by Gasteiger charge is -2.33. The number of rotatable bonds is 3. The van der Waals surface area contributed by atoms with Gasteiger partial charge in [-0.15, -0.1) is 0 Å². The van der Waals surface area contributed by atoms with Gasteiger partial charge in [0.25, 0.3) is 5.56 Å². The summed E-state index contributed by atoms with van der Waals surface area (Å²) in [6, 6.07) is 3.39. The normalized spacial score (nSPS) is 24.7. The molecule has 0 radical (unpaired) electrons. The summed E-state index contributed by atoms with van der Waals surface area (Å²) >= 11 is 0. The zero-order valence-corrected chi connectivity index (χ0v) is 11.8. The highest BCUT2D eigenvalue weighted by molar-refractivity contribution is 5.41. The second-order valence-corrected chi connectivity index (χ2v) is 5.57. The average molecular weight is 267 g/mol. The molecule has 0 spiro atoms. The minimum absolute atomic E-state index is 0.131. The van der Waals surface area contributed by atoms with Crippen LogP contribution in [0.5, 0.6) is 0 Å². The van der Waals surface area contributed by atoms with Gasteiger partial charge in [-0.3, -0.25) is 4.79 Å². The molecule has 1 fully saturated rings. The highest BCUT2D eigenvalue weighted by atomic mass is 19.1. The zero-order valence-electron chi connectivity index (χ0n) is 11.8. The molecule has 2 heterocycles. The standard InChI is InChI=1S/C14H22FN3O/c1-10(2)16-12-5-4-7-18(14(12)19)13-6-8-17(3)9-11(13)15/h4-5,7,10-11,13,16H,6,8-9H2,1-3H3/t11-,13+/m1/s1. The van der Waals surface area contributed by atoms with E-state index in [-0.39, 0.29) is 17.6 Å². The molecule has 1 aliphatic heterocycles. The molecule has 1 saturated heterocycles. The fourth-order valence-electron chi connectivity index (χ4n) is 2.55. The van der Waals surface area contributed by atoms with Crippen LogP contribution in [-0.2, 0) is 0 Å². The van der Waals surface area contributed by atoms with Crippen molar-refractivity contribution >= 4 is 5.69 Å². The van der Waals surface area contributed by atoms with Crippen LogP contribution >= 0.6 is 0 Å². The summed E-state index contributed by atoms with van der Waals surface area (Å²) in [7, 11) is 1.91. The summed E-state index contributed by atoms with van der Waals surface area (Å²) < 4.78 is 15.7. The number of hydrogen-bond donors (Lipinski definition) is 1. The van der Waals surface area contributed by atoms with E-state index in [2.05, 4.69) is 5.32 Å². The molecule has 2 atom stereocenters. The van der Waals surface area contributed by atoms with E-state index in [1.165, 1.54) is 0 Å². The number of likely N-dealkylation sites (tertiary alicyclic amines) is 1. The van der Waals surface area contributed by atoms with Crippen molar-refractivity contribution in [1.29, 1.82) is 0 Å². The lowest BCUT2D eigenvalue weighted by Crippen LogP contribution is -2.43. The number of hydrogen-bond acceptors (Lipinski definition) is 3. The smallest absolute Gasteiger partial charge is 0.274 e. The van der Waals surface area contributed by atoms with Gasteiger partial charge < -0.3 is 14.8 Å². The van der Waals surface area contributed by atoms with E-state index in [9.17, 15) is 9.18 Å². The minimum Gasteiger partial charge on any atom is -0.378 e. The molecule has 1 aliphatic rings. The quantitative estimate of drug-likeness (QED) is 0.908. The average Bonchev–Trinajstić information content (AvgIpc) is 2.32. The van der Waals surface area contributed by atoms with Gasteiger partial charge >= 0.3 is 0 Å². The fourth-order valence-corrected chi connectivity index (χ4v) is 2.55. The van der Waals surface area contributed by atoms with Crippen molar-refractivity contribution in [3.63, 3.8) is 0 Å². The summed E-state index contributed by atoms with van der Waals surface area (Å²) in [5.74, 6) is 0. The van der Waals surface area contributed by atoms with Crippen LogP contribution in [0.25, 0.3) is 0 Å². The Morgan fingerprint density at radius 2 is 2.21 bits per heavy atom. The minimum atomic E-state index is -0.995. The molecule has 106 valence electrons. The van der Waals surface area contributed by atoms with Crippen molar-refractivity contribution in [1.82, 2.24) is 9.47 Å². The van der Waals surface area contributed by atoms with Crippen molar-refractivity contribution in [3.8, 4) is 0 Å². The van der Waals surface area contributed by atoms with Crippen LogP contribution in [0.3, 0.4) is 0 Å². The molecule has 5 heteroatoms. The van der Waals surface area contributed by atoms with E-state index in [4.69, 9.17) is 0 Å². The maximum atomic E-state index is 14.1. The number of piperidine rings is 1. The van der Waals surface area contributed by atoms with Gasteiger partial charge in [-0.05, 0) is 39.4 Å². The Morgan fingerprint density at radius 1 is 1.47 bits per heavy atom. The molecular weight excluding hydrogens is 245 g/mol. The van der Waals surface area contributed by atoms with Crippen molar-refractivity contribution in [3.05, 3.63) is 28.7 Å². The van der Waals surface area contributed by atoms with E-state index < -0.39 is 6.17 Å². The SMILES string of the molecule is CC(C)Nc1cccn([C@H]2CCN(C)C[C@H]2F)c1=O. The van der Waals surface area contributed by atoms with E-state index in [1.807, 2.05) is 25.8 Å². The summed E-state index contributed by atoms with van der Waals surface area (Å²) in [6.07, 6.45) is 1.37. The first-order valence-electron chi connectivity index (χ1n) is 6.79. The second kappa shape index (κ2) is 5.74. The summed E-state index contributed by atoms with van der Waals surface area (Å²) in [6.45, 7) is 5.16. The van der Waals surface area contributed by atoms with Crippen molar-refractivity contribution in [2.75, 3.05) is 25.5 Å². The largest absolute Gasteiger partial charge is 0.378 e. The van der Waals surface area contributed by atoms with Crippen LogP contribution in [0.2, 0.25) is 0 Å². The van der Waals surface area contributed by atoms with Crippen molar-refractivity contribution < 1.29 is 4.39 Å². The predicted molar refractivity (Wildman–Crippen MR) is 75.5 cm³/mol. The maximum absolute atomic E-state index is 14.1. The van der Waals surface area contributed by atoms with Crippen LogP contribution in [0.15, 0.2) is 23.1 Å². The third kappa shape index (κ3) is 3.15. The van der Waals surface area contributed by atoms with Crippen LogP contribution in [0.1, 0.15) is 26.3 Å². The van der Waals surface area contributed by atoms with E-state index in [0.717, 1.165) is 6.54 Å².